The average molecular weight is 263 g/mol. The third-order valence-electron chi connectivity index (χ3n) is 3.10. The number of hydrogen-bond acceptors (Lipinski definition) is 3. The molecule has 0 heterocycles. The summed E-state index contributed by atoms with van der Waals surface area (Å²) in [5, 5.41) is 0. The molecule has 0 atom stereocenters. The van der Waals surface area contributed by atoms with Gasteiger partial charge in [0.05, 0.1) is 0 Å². The molecule has 1 aromatic carbocycles. The molecular weight excluding hydrogens is 238 g/mol. The molecule has 0 aliphatic carbocycles. The van der Waals surface area contributed by atoms with E-state index in [0.717, 1.165) is 37.2 Å². The summed E-state index contributed by atoms with van der Waals surface area (Å²) in [5.74, 6) is 0.196. The van der Waals surface area contributed by atoms with Crippen molar-refractivity contribution in [3.05, 3.63) is 29.8 Å². The molecule has 4 heteroatoms. The Morgan fingerprint density at radius 1 is 1.21 bits per heavy atom. The quantitative estimate of drug-likeness (QED) is 0.760. The molecule has 1 aromatic rings. The molecule has 0 fully saturated rings. The van der Waals surface area contributed by atoms with Crippen molar-refractivity contribution in [1.29, 1.82) is 0 Å². The monoisotopic (exact) mass is 263 g/mol. The molecule has 19 heavy (non-hydrogen) atoms. The van der Waals surface area contributed by atoms with Crippen molar-refractivity contribution < 1.29 is 4.79 Å². The summed E-state index contributed by atoms with van der Waals surface area (Å²) in [6, 6.07) is 7.73. The van der Waals surface area contributed by atoms with Gasteiger partial charge >= 0.3 is 0 Å². The lowest BCUT2D eigenvalue weighted by molar-refractivity contribution is -0.129. The predicted octanol–water partition coefficient (Wildman–Crippen LogP) is 1.61. The molecule has 0 saturated heterocycles. The highest BCUT2D eigenvalue weighted by atomic mass is 16.2. The topological polar surface area (TPSA) is 49.6 Å². The highest BCUT2D eigenvalue weighted by Gasteiger charge is 2.08. The number of anilines is 1. The van der Waals surface area contributed by atoms with E-state index in [9.17, 15) is 4.79 Å². The van der Waals surface area contributed by atoms with Gasteiger partial charge < -0.3 is 15.5 Å². The van der Waals surface area contributed by atoms with Gasteiger partial charge in [-0.1, -0.05) is 12.1 Å². The fourth-order valence-corrected chi connectivity index (χ4v) is 1.94. The number of aryl methyl sites for hydroxylation is 1. The molecule has 0 saturated carbocycles. The largest absolute Gasteiger partial charge is 0.399 e. The van der Waals surface area contributed by atoms with Crippen LogP contribution in [-0.4, -0.2) is 49.9 Å². The first-order valence-corrected chi connectivity index (χ1v) is 6.72. The van der Waals surface area contributed by atoms with E-state index in [-0.39, 0.29) is 5.91 Å². The molecule has 1 amide bonds. The minimum atomic E-state index is 0.196. The predicted molar refractivity (Wildman–Crippen MR) is 80.0 cm³/mol. The van der Waals surface area contributed by atoms with Gasteiger partial charge in [-0.15, -0.1) is 0 Å². The Morgan fingerprint density at radius 3 is 2.58 bits per heavy atom. The summed E-state index contributed by atoms with van der Waals surface area (Å²) in [7, 11) is 5.96. The number of carbonyl (C=O) groups excluding carboxylic acids is 1. The second kappa shape index (κ2) is 7.79. The molecule has 106 valence electrons. The highest BCUT2D eigenvalue weighted by molar-refractivity contribution is 5.76. The Balaban J connectivity index is 2.30. The van der Waals surface area contributed by atoms with E-state index >= 15 is 0 Å². The second-order valence-electron chi connectivity index (χ2n) is 5.22. The molecule has 0 spiro atoms. The van der Waals surface area contributed by atoms with Gasteiger partial charge in [0.25, 0.3) is 0 Å². The van der Waals surface area contributed by atoms with E-state index in [1.165, 1.54) is 0 Å². The van der Waals surface area contributed by atoms with Gasteiger partial charge in [0, 0.05) is 25.7 Å². The number of nitrogens with two attached hydrogens (primary N) is 1. The van der Waals surface area contributed by atoms with Crippen LogP contribution in [0.25, 0.3) is 0 Å². The van der Waals surface area contributed by atoms with Crippen molar-refractivity contribution in [3.8, 4) is 0 Å². The standard InChI is InChI=1S/C15H25N3O/c1-17(2)10-5-11-18(3)15(19)9-8-13-6-4-7-14(16)12-13/h4,6-7,12H,5,8-11,16H2,1-3H3. The second-order valence-corrected chi connectivity index (χ2v) is 5.22. The van der Waals surface area contributed by atoms with Crippen molar-refractivity contribution in [1.82, 2.24) is 9.80 Å². The number of rotatable bonds is 7. The SMILES string of the molecule is CN(C)CCCN(C)C(=O)CCc1cccc(N)c1. The van der Waals surface area contributed by atoms with E-state index in [0.29, 0.717) is 6.42 Å². The molecule has 0 unspecified atom stereocenters. The molecule has 0 radical (unpaired) electrons. The van der Waals surface area contributed by atoms with Crippen LogP contribution in [0.4, 0.5) is 5.69 Å². The smallest absolute Gasteiger partial charge is 0.222 e. The van der Waals surface area contributed by atoms with E-state index in [1.54, 1.807) is 0 Å². The van der Waals surface area contributed by atoms with Crippen LogP contribution in [-0.2, 0) is 11.2 Å². The lowest BCUT2D eigenvalue weighted by atomic mass is 10.1. The first kappa shape index (κ1) is 15.5. The van der Waals surface area contributed by atoms with Gasteiger partial charge in [-0.05, 0) is 51.2 Å². The van der Waals surface area contributed by atoms with Gasteiger partial charge in [0.1, 0.15) is 0 Å². The van der Waals surface area contributed by atoms with Gasteiger partial charge in [0.15, 0.2) is 0 Å². The number of hydrogen-bond donors (Lipinski definition) is 1. The van der Waals surface area contributed by atoms with E-state index < -0.39 is 0 Å². The fraction of sp³-hybridized carbons (Fsp3) is 0.533. The van der Waals surface area contributed by atoms with Crippen LogP contribution in [0.15, 0.2) is 24.3 Å². The van der Waals surface area contributed by atoms with Crippen LogP contribution in [0.5, 0.6) is 0 Å². The summed E-state index contributed by atoms with van der Waals surface area (Å²) >= 11 is 0. The third kappa shape index (κ3) is 6.25. The Bertz CT molecular complexity index is 404. The maximum absolute atomic E-state index is 12.0. The molecular formula is C15H25N3O. The zero-order valence-corrected chi connectivity index (χ0v) is 12.2. The molecule has 4 nitrogen and oxygen atoms in total. The van der Waals surface area contributed by atoms with E-state index in [4.69, 9.17) is 5.73 Å². The molecule has 0 bridgehead atoms. The van der Waals surface area contributed by atoms with E-state index in [1.807, 2.05) is 50.3 Å². The normalized spacial score (nSPS) is 10.7. The summed E-state index contributed by atoms with van der Waals surface area (Å²) in [6.45, 7) is 1.82. The summed E-state index contributed by atoms with van der Waals surface area (Å²) in [5.41, 5.74) is 7.59. The fourth-order valence-electron chi connectivity index (χ4n) is 1.94. The molecule has 1 rings (SSSR count). The molecule has 0 aromatic heterocycles. The Kier molecular flexibility index (Phi) is 6.36. The highest BCUT2D eigenvalue weighted by Crippen LogP contribution is 2.09. The van der Waals surface area contributed by atoms with E-state index in [2.05, 4.69) is 4.90 Å². The third-order valence-corrected chi connectivity index (χ3v) is 3.10. The maximum Gasteiger partial charge on any atom is 0.222 e. The number of benzene rings is 1. The van der Waals surface area contributed by atoms with Crippen LogP contribution in [0.2, 0.25) is 0 Å². The lowest BCUT2D eigenvalue weighted by Gasteiger charge is -2.18. The van der Waals surface area contributed by atoms with Gasteiger partial charge in [-0.25, -0.2) is 0 Å². The Labute approximate surface area is 116 Å². The number of amides is 1. The summed E-state index contributed by atoms with van der Waals surface area (Å²) in [4.78, 5) is 15.9. The first-order chi connectivity index (χ1) is 8.99. The Hall–Kier alpha value is -1.55. The average Bonchev–Trinajstić information content (AvgIpc) is 2.35. The first-order valence-electron chi connectivity index (χ1n) is 6.72. The zero-order valence-electron chi connectivity index (χ0n) is 12.2. The summed E-state index contributed by atoms with van der Waals surface area (Å²) in [6.07, 6.45) is 2.30. The van der Waals surface area contributed by atoms with Crippen LogP contribution < -0.4 is 5.73 Å². The minimum absolute atomic E-state index is 0.196. The number of nitrogen functional groups attached to an aromatic ring is 1. The van der Waals surface area contributed by atoms with Gasteiger partial charge in [-0.3, -0.25) is 4.79 Å². The van der Waals surface area contributed by atoms with Crippen LogP contribution in [0, 0.1) is 0 Å². The van der Waals surface area contributed by atoms with Crippen LogP contribution >= 0.6 is 0 Å². The Morgan fingerprint density at radius 2 is 1.95 bits per heavy atom. The zero-order chi connectivity index (χ0) is 14.3. The van der Waals surface area contributed by atoms with Crippen molar-refractivity contribution in [2.75, 3.05) is 40.0 Å². The van der Waals surface area contributed by atoms with Crippen LogP contribution in [0.1, 0.15) is 18.4 Å². The van der Waals surface area contributed by atoms with Crippen molar-refractivity contribution in [3.63, 3.8) is 0 Å². The van der Waals surface area contributed by atoms with Crippen molar-refractivity contribution in [2.24, 2.45) is 0 Å². The number of carbonyl (C=O) groups is 1. The number of nitrogens with zero attached hydrogens (tertiary/aromatic N) is 2. The summed E-state index contributed by atoms with van der Waals surface area (Å²) < 4.78 is 0. The van der Waals surface area contributed by atoms with Gasteiger partial charge in [0.2, 0.25) is 5.91 Å². The minimum Gasteiger partial charge on any atom is -0.399 e. The van der Waals surface area contributed by atoms with Crippen molar-refractivity contribution in [2.45, 2.75) is 19.3 Å². The molecule has 0 aliphatic heterocycles. The molecule has 0 aliphatic rings. The van der Waals surface area contributed by atoms with Gasteiger partial charge in [-0.2, -0.15) is 0 Å². The lowest BCUT2D eigenvalue weighted by Crippen LogP contribution is -2.29. The van der Waals surface area contributed by atoms with Crippen molar-refractivity contribution >= 4 is 11.6 Å². The maximum atomic E-state index is 12.0. The van der Waals surface area contributed by atoms with Crippen LogP contribution in [0.3, 0.4) is 0 Å². The molecule has 2 N–H and O–H groups in total.